The van der Waals surface area contributed by atoms with E-state index in [0.29, 0.717) is 32.8 Å². The van der Waals surface area contributed by atoms with Gasteiger partial charge in [0.05, 0.1) is 13.2 Å². The van der Waals surface area contributed by atoms with E-state index in [-0.39, 0.29) is 11.9 Å². The maximum absolute atomic E-state index is 11.5. The molecule has 0 radical (unpaired) electrons. The summed E-state index contributed by atoms with van der Waals surface area (Å²) in [5.41, 5.74) is -0.760. The molecule has 0 aromatic rings. The van der Waals surface area contributed by atoms with Crippen molar-refractivity contribution in [2.75, 3.05) is 33.5 Å². The van der Waals surface area contributed by atoms with E-state index in [1.54, 1.807) is 21.0 Å². The smallest absolute Gasteiger partial charge is 0.324 e. The van der Waals surface area contributed by atoms with Crippen molar-refractivity contribution in [3.63, 3.8) is 0 Å². The summed E-state index contributed by atoms with van der Waals surface area (Å²) in [7, 11) is 1.62. The normalized spacial score (nSPS) is 18.6. The second kappa shape index (κ2) is 5.97. The number of rotatable bonds is 7. The average Bonchev–Trinajstić information content (AvgIpc) is 2.45. The topological polar surface area (TPSA) is 67.9 Å². The highest BCUT2D eigenvalue weighted by atomic mass is 16.5. The molecule has 6 heteroatoms. The summed E-state index contributed by atoms with van der Waals surface area (Å²) in [4.78, 5) is 24.5. The van der Waals surface area contributed by atoms with E-state index < -0.39 is 5.54 Å². The maximum atomic E-state index is 11.5. The van der Waals surface area contributed by atoms with Gasteiger partial charge in [0, 0.05) is 20.3 Å². The number of nitrogens with zero attached hydrogens (tertiary/aromatic N) is 1. The van der Waals surface area contributed by atoms with Gasteiger partial charge in [-0.3, -0.25) is 10.1 Å². The van der Waals surface area contributed by atoms with Gasteiger partial charge in [0.15, 0.2) is 0 Å². The van der Waals surface area contributed by atoms with Crippen molar-refractivity contribution in [1.29, 1.82) is 0 Å². The molecular weight excluding hydrogens is 224 g/mol. The van der Waals surface area contributed by atoms with Crippen LogP contribution >= 0.6 is 0 Å². The molecule has 98 valence electrons. The zero-order valence-electron chi connectivity index (χ0n) is 10.6. The summed E-state index contributed by atoms with van der Waals surface area (Å²) < 4.78 is 10.1. The van der Waals surface area contributed by atoms with E-state index in [1.807, 2.05) is 0 Å². The van der Waals surface area contributed by atoms with Crippen molar-refractivity contribution >= 4 is 11.9 Å². The van der Waals surface area contributed by atoms with Crippen LogP contribution in [-0.4, -0.2) is 55.9 Å². The number of ether oxygens (including phenoxy) is 2. The Morgan fingerprint density at radius 1 is 1.24 bits per heavy atom. The number of urea groups is 1. The molecule has 0 saturated carbocycles. The Kier molecular flexibility index (Phi) is 4.89. The first-order valence-corrected chi connectivity index (χ1v) is 5.70. The van der Waals surface area contributed by atoms with Crippen molar-refractivity contribution in [3.8, 4) is 0 Å². The van der Waals surface area contributed by atoms with Gasteiger partial charge < -0.3 is 14.4 Å². The largest absolute Gasteiger partial charge is 0.382 e. The van der Waals surface area contributed by atoms with Crippen LogP contribution in [-0.2, 0) is 14.3 Å². The number of carbonyl (C=O) groups excluding carboxylic acids is 2. The van der Waals surface area contributed by atoms with E-state index in [1.165, 1.54) is 4.90 Å². The van der Waals surface area contributed by atoms with Crippen LogP contribution in [0.25, 0.3) is 0 Å². The SMILES string of the molecule is COCCOCCCN1C(=O)NC(=O)C1(C)C. The Morgan fingerprint density at radius 2 is 1.94 bits per heavy atom. The Hall–Kier alpha value is -1.14. The summed E-state index contributed by atoms with van der Waals surface area (Å²) in [5, 5.41) is 2.31. The van der Waals surface area contributed by atoms with Gasteiger partial charge >= 0.3 is 6.03 Å². The summed E-state index contributed by atoms with van der Waals surface area (Å²) in [5.74, 6) is -0.247. The monoisotopic (exact) mass is 244 g/mol. The van der Waals surface area contributed by atoms with Gasteiger partial charge in [0.1, 0.15) is 5.54 Å². The lowest BCUT2D eigenvalue weighted by Crippen LogP contribution is -2.44. The van der Waals surface area contributed by atoms with Crippen LogP contribution in [0.1, 0.15) is 20.3 Å². The molecule has 1 aliphatic rings. The van der Waals surface area contributed by atoms with Crippen LogP contribution in [0.4, 0.5) is 4.79 Å². The third-order valence-corrected chi connectivity index (χ3v) is 2.80. The summed E-state index contributed by atoms with van der Waals surface area (Å²) in [6, 6.07) is -0.322. The van der Waals surface area contributed by atoms with Crippen LogP contribution in [0.15, 0.2) is 0 Å². The minimum atomic E-state index is -0.760. The molecule has 0 spiro atoms. The highest BCUT2D eigenvalue weighted by Gasteiger charge is 2.44. The van der Waals surface area contributed by atoms with Crippen molar-refractivity contribution in [2.45, 2.75) is 25.8 Å². The third kappa shape index (κ3) is 3.41. The molecule has 1 fully saturated rings. The lowest BCUT2D eigenvalue weighted by Gasteiger charge is -2.27. The molecule has 1 saturated heterocycles. The van der Waals surface area contributed by atoms with Gasteiger partial charge in [-0.15, -0.1) is 0 Å². The van der Waals surface area contributed by atoms with Gasteiger partial charge in [0.25, 0.3) is 5.91 Å². The first kappa shape index (κ1) is 13.9. The Labute approximate surface area is 101 Å². The molecule has 1 aliphatic heterocycles. The Bertz CT molecular complexity index is 291. The first-order valence-electron chi connectivity index (χ1n) is 5.70. The van der Waals surface area contributed by atoms with Crippen molar-refractivity contribution in [3.05, 3.63) is 0 Å². The van der Waals surface area contributed by atoms with Crippen LogP contribution in [0, 0.1) is 0 Å². The number of hydrogen-bond donors (Lipinski definition) is 1. The molecule has 6 nitrogen and oxygen atoms in total. The second-order valence-corrected chi connectivity index (χ2v) is 4.43. The highest BCUT2D eigenvalue weighted by Crippen LogP contribution is 2.20. The standard InChI is InChI=1S/C11H20N2O4/c1-11(2)9(14)12-10(15)13(11)5-4-6-17-8-7-16-3/h4-8H2,1-3H3,(H,12,14,15). The number of amides is 3. The molecule has 1 N–H and O–H groups in total. The zero-order valence-corrected chi connectivity index (χ0v) is 10.6. The fraction of sp³-hybridized carbons (Fsp3) is 0.818. The molecular formula is C11H20N2O4. The fourth-order valence-corrected chi connectivity index (χ4v) is 1.64. The fourth-order valence-electron chi connectivity index (χ4n) is 1.64. The van der Waals surface area contributed by atoms with Crippen LogP contribution in [0.2, 0.25) is 0 Å². The van der Waals surface area contributed by atoms with Gasteiger partial charge in [-0.05, 0) is 20.3 Å². The lowest BCUT2D eigenvalue weighted by atomic mass is 10.0. The van der Waals surface area contributed by atoms with E-state index in [0.717, 1.165) is 0 Å². The number of methoxy groups -OCH3 is 1. The van der Waals surface area contributed by atoms with E-state index in [2.05, 4.69) is 5.32 Å². The first-order chi connectivity index (χ1) is 8.00. The highest BCUT2D eigenvalue weighted by molar-refractivity contribution is 6.06. The summed E-state index contributed by atoms with van der Waals surface area (Å²) >= 11 is 0. The van der Waals surface area contributed by atoms with Crippen molar-refractivity contribution < 1.29 is 19.1 Å². The molecule has 0 aromatic carbocycles. The molecule has 3 amide bonds. The van der Waals surface area contributed by atoms with E-state index in [4.69, 9.17) is 9.47 Å². The molecule has 0 bridgehead atoms. The number of imide groups is 1. The van der Waals surface area contributed by atoms with Crippen molar-refractivity contribution in [1.82, 2.24) is 10.2 Å². The molecule has 17 heavy (non-hydrogen) atoms. The Morgan fingerprint density at radius 3 is 2.47 bits per heavy atom. The zero-order chi connectivity index (χ0) is 12.9. The molecule has 0 aromatic heterocycles. The molecule has 1 rings (SSSR count). The molecule has 0 atom stereocenters. The number of nitrogens with one attached hydrogen (secondary N) is 1. The minimum Gasteiger partial charge on any atom is -0.382 e. The van der Waals surface area contributed by atoms with Crippen LogP contribution < -0.4 is 5.32 Å². The Balaban J connectivity index is 2.27. The van der Waals surface area contributed by atoms with E-state index >= 15 is 0 Å². The predicted molar refractivity (Wildman–Crippen MR) is 61.6 cm³/mol. The molecule has 0 aliphatic carbocycles. The van der Waals surface area contributed by atoms with Gasteiger partial charge in [-0.2, -0.15) is 0 Å². The number of hydrogen-bond acceptors (Lipinski definition) is 4. The van der Waals surface area contributed by atoms with Gasteiger partial charge in [-0.1, -0.05) is 0 Å². The predicted octanol–water partition coefficient (Wildman–Crippen LogP) is 0.370. The van der Waals surface area contributed by atoms with Gasteiger partial charge in [-0.25, -0.2) is 4.79 Å². The van der Waals surface area contributed by atoms with Crippen molar-refractivity contribution in [2.24, 2.45) is 0 Å². The van der Waals surface area contributed by atoms with Gasteiger partial charge in [0.2, 0.25) is 0 Å². The summed E-state index contributed by atoms with van der Waals surface area (Å²) in [6.45, 7) is 5.65. The molecule has 1 heterocycles. The maximum Gasteiger partial charge on any atom is 0.324 e. The second-order valence-electron chi connectivity index (χ2n) is 4.43. The minimum absolute atomic E-state index is 0.247. The third-order valence-electron chi connectivity index (χ3n) is 2.80. The number of carbonyl (C=O) groups is 2. The molecule has 0 unspecified atom stereocenters. The quantitative estimate of drug-likeness (QED) is 0.519. The summed E-state index contributed by atoms with van der Waals surface area (Å²) in [6.07, 6.45) is 0.702. The lowest BCUT2D eigenvalue weighted by molar-refractivity contribution is -0.125. The van der Waals surface area contributed by atoms with Crippen LogP contribution in [0.3, 0.4) is 0 Å². The van der Waals surface area contributed by atoms with Crippen LogP contribution in [0.5, 0.6) is 0 Å². The van der Waals surface area contributed by atoms with E-state index in [9.17, 15) is 9.59 Å². The average molecular weight is 244 g/mol.